The molecule has 0 atom stereocenters. The van der Waals surface area contributed by atoms with E-state index in [0.717, 1.165) is 107 Å². The summed E-state index contributed by atoms with van der Waals surface area (Å²) in [6, 6.07) is 46.0. The third-order valence-corrected chi connectivity index (χ3v) is 24.3. The molecule has 0 bridgehead atoms. The quantitative estimate of drug-likeness (QED) is 0.00726. The minimum Gasteiger partial charge on any atom is -0.505 e. The lowest BCUT2D eigenvalue weighted by molar-refractivity contribution is -0.136. The van der Waals surface area contributed by atoms with Crippen molar-refractivity contribution in [3.8, 4) is 34.5 Å². The van der Waals surface area contributed by atoms with Crippen molar-refractivity contribution in [3.05, 3.63) is 373 Å². The number of Topliss-reactive ketones (excluding diaryl/α,β-unsaturated/α-hetero) is 6. The van der Waals surface area contributed by atoms with E-state index in [2.05, 4.69) is 21.7 Å². The molecule has 4 aromatic heterocycles. The Labute approximate surface area is 860 Å². The average molecular weight is 2030 g/mol. The van der Waals surface area contributed by atoms with Gasteiger partial charge in [0.1, 0.15) is 68.9 Å². The third kappa shape index (κ3) is 33.3. The van der Waals surface area contributed by atoms with Gasteiger partial charge in [0, 0.05) is 101 Å². The van der Waals surface area contributed by atoms with E-state index in [4.69, 9.17) is 73.6 Å². The molecule has 147 heavy (non-hydrogen) atoms. The molecule has 14 rings (SSSR count). The number of amides is 1. The Morgan fingerprint density at radius 1 is 0.347 bits per heavy atom. The monoisotopic (exact) mass is 2030 g/mol. The summed E-state index contributed by atoms with van der Waals surface area (Å²) >= 11 is 5.44. The Morgan fingerprint density at radius 3 is 1.12 bits per heavy atom. The van der Waals surface area contributed by atoms with Crippen molar-refractivity contribution in [2.45, 2.75) is 169 Å². The van der Waals surface area contributed by atoms with Gasteiger partial charge in [-0.05, 0) is 281 Å². The molecule has 8 aromatic carbocycles. The molecule has 0 radical (unpaired) electrons. The number of halogens is 1. The topological polar surface area (TPSA) is 430 Å². The van der Waals surface area contributed by atoms with E-state index in [1.165, 1.54) is 82.9 Å². The van der Waals surface area contributed by atoms with Gasteiger partial charge in [-0.25, -0.2) is 24.0 Å². The van der Waals surface area contributed by atoms with Crippen LogP contribution >= 0.6 is 11.6 Å². The molecular weight excluding hydrogens is 1900 g/mol. The number of carboxylic acids is 2. The van der Waals surface area contributed by atoms with E-state index < -0.39 is 29.8 Å². The highest BCUT2D eigenvalue weighted by Gasteiger charge is 2.25. The number of furan rings is 4. The highest BCUT2D eigenvalue weighted by Crippen LogP contribution is 2.40. The van der Waals surface area contributed by atoms with Gasteiger partial charge in [-0.15, -0.1) is 11.6 Å². The molecule has 2 aliphatic rings. The number of hydrogen-bond donors (Lipinski definition) is 5. The molecule has 12 aromatic rings. The molecule has 774 valence electrons. The maximum Gasteiger partial charge on any atom is 0.373 e. The average Bonchev–Trinajstić information content (AvgIpc) is 1.81. The Hall–Kier alpha value is -16.4. The van der Waals surface area contributed by atoms with E-state index in [1.54, 1.807) is 123 Å². The number of rotatable bonds is 29. The number of aryl methyl sites for hydroxylation is 9. The van der Waals surface area contributed by atoms with Gasteiger partial charge in [0.25, 0.3) is 5.91 Å². The molecule has 30 heteroatoms. The number of esters is 3. The third-order valence-electron chi connectivity index (χ3n) is 24.1. The van der Waals surface area contributed by atoms with Crippen LogP contribution in [0.15, 0.2) is 222 Å². The molecular formula is C117H127ClN2O27. The number of nitrogens with two attached hydrogens (primary N) is 1. The normalized spacial score (nSPS) is 11.2. The molecule has 0 saturated carbocycles. The summed E-state index contributed by atoms with van der Waals surface area (Å²) in [7, 11) is 11.6. The number of allylic oxidation sites excluding steroid dienone is 6. The number of phenols is 1. The zero-order valence-electron chi connectivity index (χ0n) is 87.6. The fourth-order valence-corrected chi connectivity index (χ4v) is 16.0. The number of aromatic carboxylic acids is 1. The van der Waals surface area contributed by atoms with E-state index >= 15 is 0 Å². The minimum absolute atomic E-state index is 0.00603. The second kappa shape index (κ2) is 55.4. The molecule has 0 unspecified atom stereocenters. The molecule has 29 nitrogen and oxygen atoms in total. The number of nitrogen functional groups attached to an aromatic ring is 1. The van der Waals surface area contributed by atoms with Crippen molar-refractivity contribution < 1.29 is 128 Å². The van der Waals surface area contributed by atoms with E-state index in [9.17, 15) is 62.6 Å². The standard InChI is InChI=1S/C24H25NO6.C18H20O3.C17H18O4.C17H18O3.C15H14O4.C10H12O.C9H13NO3.C7H7ClO3/c1-13-8-14(2)19(15(3)26)10-16(13)9-17-6-7-21(31-17)24(28)25-23-20(27)11-18(29-4)12-22(23)30-5;1-11-5-8-16(13(3)19)12(2)17(11)10-14-6-7-15(9-14)18(20)21-4;1-10-7-11(2)15(12(3)18)9-13(10)8-14-5-6-16(21-14)17(19)20-4;1-10-4-7-15(12(3)18)11(2)16(10)9-13-5-6-14(8-13)17(19)20;1-9-3-4-11(10(2)16)7-12(9)8-13-5-6-14(19-13)15(17)18;1-7-4-5-10(9(3)11)8(2)6-7;1-11-6-4-7(12-2)9(10)8(5-6)13-3;1-10-7(9)6-3-2-5(4-8)11-6/h6-8,10-12,27H,9H2,1-5H3,(H,25,28);5-8H,9-10H2,1-4H3;5-7,9H,8H2,1-4H3;4-7H,8-9H2,1-3H3,(H,19,20);3-7H,8H2,1-2H3,(H,17,18);4-6H,1-3H3;4-5H,10H2,1-3H3;2-3H,4H2,1H3. The van der Waals surface area contributed by atoms with Crippen LogP contribution in [0.5, 0.6) is 34.5 Å². The number of hydrogen-bond acceptors (Lipinski definition) is 26. The largest absolute Gasteiger partial charge is 0.505 e. The number of methoxy groups -OCH3 is 8. The van der Waals surface area contributed by atoms with Crippen molar-refractivity contribution in [3.63, 3.8) is 0 Å². The van der Waals surface area contributed by atoms with E-state index in [-0.39, 0.29) is 86.8 Å². The summed E-state index contributed by atoms with van der Waals surface area (Å²) in [5.74, 6) is 1.86. The lowest BCUT2D eigenvalue weighted by Crippen LogP contribution is -2.12. The van der Waals surface area contributed by atoms with Crippen molar-refractivity contribution in [1.29, 1.82) is 0 Å². The number of aliphatic carboxylic acids is 1. The first kappa shape index (κ1) is 118. The predicted molar refractivity (Wildman–Crippen MR) is 562 cm³/mol. The molecule has 0 spiro atoms. The van der Waals surface area contributed by atoms with Gasteiger partial charge in [0.15, 0.2) is 40.5 Å². The smallest absolute Gasteiger partial charge is 0.373 e. The van der Waals surface area contributed by atoms with Crippen LogP contribution in [0.4, 0.5) is 11.4 Å². The second-order valence-electron chi connectivity index (χ2n) is 34.7. The van der Waals surface area contributed by atoms with Crippen LogP contribution in [-0.4, -0.2) is 143 Å². The number of ether oxygens (including phenoxy) is 8. The number of carbonyl (C=O) groups is 12. The Kier molecular flexibility index (Phi) is 44.3. The Bertz CT molecular complexity index is 7010. The van der Waals surface area contributed by atoms with Gasteiger partial charge in [0.05, 0.1) is 62.8 Å². The Morgan fingerprint density at radius 2 is 0.728 bits per heavy atom. The zero-order chi connectivity index (χ0) is 109. The van der Waals surface area contributed by atoms with Gasteiger partial charge < -0.3 is 81.9 Å². The molecule has 0 aliphatic heterocycles. The van der Waals surface area contributed by atoms with Crippen LogP contribution in [0.1, 0.15) is 271 Å². The number of anilines is 2. The molecule has 6 N–H and O–H groups in total. The summed E-state index contributed by atoms with van der Waals surface area (Å²) in [4.78, 5) is 137. The maximum absolute atomic E-state index is 12.7. The minimum atomic E-state index is -1.08. The van der Waals surface area contributed by atoms with Crippen LogP contribution < -0.4 is 34.7 Å². The van der Waals surface area contributed by atoms with Gasteiger partial charge >= 0.3 is 29.8 Å². The van der Waals surface area contributed by atoms with Crippen molar-refractivity contribution in [2.75, 3.05) is 67.9 Å². The zero-order valence-corrected chi connectivity index (χ0v) is 88.3. The fraction of sp³-hybridized carbons (Fsp3) is 0.282. The molecule has 4 heterocycles. The molecule has 2 aliphatic carbocycles. The maximum atomic E-state index is 12.7. The van der Waals surface area contributed by atoms with Gasteiger partial charge in [-0.3, -0.25) is 33.6 Å². The van der Waals surface area contributed by atoms with E-state index in [1.807, 2.05) is 166 Å². The first-order chi connectivity index (χ1) is 69.6. The first-order valence-corrected chi connectivity index (χ1v) is 46.9. The summed E-state index contributed by atoms with van der Waals surface area (Å²) in [5, 5.41) is 30.6. The van der Waals surface area contributed by atoms with Crippen molar-refractivity contribution >= 4 is 93.4 Å². The SMILES string of the molecule is CC(=O)c1ccc(C)c(CC2=CC=C(C(=O)O)C2)c1C.CC(=O)c1ccc(C)c(Cc2ccc(C(=O)O)o2)c1.CC(=O)c1ccc(C)cc1C.COC(=O)C1=CC=C(Cc2c(C)ccc(C(C)=O)c2C)C1.COC(=O)c1ccc(CCl)o1.COC(=O)c1ccc(Cc2cc(C(C)=O)c(C)cc2C)o1.COc1cc(O)c(NC(=O)c2ccc(Cc3cc(C(C)=O)c(C)cc3C)o2)c(OC)c1.COc1cc(OC)c(N)c(OC)c1. The van der Waals surface area contributed by atoms with Crippen molar-refractivity contribution in [2.24, 2.45) is 0 Å². The number of aromatic hydroxyl groups is 1. The van der Waals surface area contributed by atoms with Crippen LogP contribution in [0.3, 0.4) is 0 Å². The van der Waals surface area contributed by atoms with E-state index in [0.29, 0.717) is 113 Å². The number of carboxylic acid groups (broad SMARTS) is 2. The molecule has 0 fully saturated rings. The number of alkyl halides is 1. The number of carbonyl (C=O) groups excluding carboxylic acids is 10. The lowest BCUT2D eigenvalue weighted by atomic mass is 9.91. The fourth-order valence-electron chi connectivity index (χ4n) is 15.9. The summed E-state index contributed by atoms with van der Waals surface area (Å²) in [5.41, 5.74) is 31.0. The predicted octanol–water partition coefficient (Wildman–Crippen LogP) is 23.7. The first-order valence-electron chi connectivity index (χ1n) is 46.4. The number of nitrogens with one attached hydrogen (secondary N) is 1. The number of ketones is 6. The second-order valence-corrected chi connectivity index (χ2v) is 35.0. The van der Waals surface area contributed by atoms with Crippen LogP contribution in [0, 0.1) is 76.2 Å². The molecule has 1 amide bonds. The van der Waals surface area contributed by atoms with Gasteiger partial charge in [-0.2, -0.15) is 0 Å². The summed E-state index contributed by atoms with van der Waals surface area (Å²) in [6.07, 6.45) is 11.3. The van der Waals surface area contributed by atoms with Crippen LogP contribution in [0.25, 0.3) is 0 Å². The highest BCUT2D eigenvalue weighted by atomic mass is 35.5. The number of benzene rings is 8. The lowest BCUT2D eigenvalue weighted by Gasteiger charge is -2.14. The van der Waals surface area contributed by atoms with Gasteiger partial charge in [0.2, 0.25) is 17.3 Å². The summed E-state index contributed by atoms with van der Waals surface area (Å²) in [6.45, 7) is 31.1. The molecule has 0 saturated heterocycles. The van der Waals surface area contributed by atoms with Crippen LogP contribution in [0.2, 0.25) is 0 Å². The van der Waals surface area contributed by atoms with Gasteiger partial charge in [-0.1, -0.05) is 108 Å². The van der Waals surface area contributed by atoms with Crippen LogP contribution in [-0.2, 0) is 61.8 Å². The Balaban J connectivity index is 0.000000232. The van der Waals surface area contributed by atoms with Crippen molar-refractivity contribution in [1.82, 2.24) is 0 Å². The number of phenolic OH excluding ortho intramolecular Hbond substituents is 1. The summed E-state index contributed by atoms with van der Waals surface area (Å²) < 4.78 is 60.6. The highest BCUT2D eigenvalue weighted by molar-refractivity contribution is 6.16.